The molecule has 0 unspecified atom stereocenters. The van der Waals surface area contributed by atoms with E-state index in [1.54, 1.807) is 18.2 Å². The first-order chi connectivity index (χ1) is 13.5. The van der Waals surface area contributed by atoms with E-state index in [9.17, 15) is 9.59 Å². The SMILES string of the molecule is CC(C)=CC(=O)NCc1ccc(C(=O)Nc2cccc(-c3ncn[nH]3)c2)cc1. The largest absolute Gasteiger partial charge is 0.348 e. The van der Waals surface area contributed by atoms with Crippen LogP contribution < -0.4 is 10.6 Å². The number of carbonyl (C=O) groups excluding carboxylic acids is 2. The van der Waals surface area contributed by atoms with Gasteiger partial charge in [-0.3, -0.25) is 14.7 Å². The lowest BCUT2D eigenvalue weighted by molar-refractivity contribution is -0.116. The molecule has 0 saturated carbocycles. The molecule has 0 radical (unpaired) electrons. The maximum Gasteiger partial charge on any atom is 0.255 e. The number of nitrogens with one attached hydrogen (secondary N) is 3. The molecule has 0 saturated heterocycles. The van der Waals surface area contributed by atoms with Crippen LogP contribution in [-0.4, -0.2) is 27.0 Å². The summed E-state index contributed by atoms with van der Waals surface area (Å²) in [5, 5.41) is 12.3. The predicted molar refractivity (Wildman–Crippen MR) is 107 cm³/mol. The summed E-state index contributed by atoms with van der Waals surface area (Å²) >= 11 is 0. The van der Waals surface area contributed by atoms with Gasteiger partial charge in [0.25, 0.3) is 5.91 Å². The van der Waals surface area contributed by atoms with Crippen molar-refractivity contribution in [1.29, 1.82) is 0 Å². The second-order valence-electron chi connectivity index (χ2n) is 6.51. The van der Waals surface area contributed by atoms with Crippen LogP contribution in [0.3, 0.4) is 0 Å². The fraction of sp³-hybridized carbons (Fsp3) is 0.143. The van der Waals surface area contributed by atoms with E-state index >= 15 is 0 Å². The molecule has 3 N–H and O–H groups in total. The van der Waals surface area contributed by atoms with Crippen LogP contribution in [0.15, 0.2) is 66.5 Å². The van der Waals surface area contributed by atoms with Crippen LogP contribution in [0.5, 0.6) is 0 Å². The molecule has 7 heteroatoms. The molecule has 0 spiro atoms. The first-order valence-corrected chi connectivity index (χ1v) is 8.80. The van der Waals surface area contributed by atoms with Crippen LogP contribution in [0.25, 0.3) is 11.4 Å². The Labute approximate surface area is 162 Å². The number of amides is 2. The quantitative estimate of drug-likeness (QED) is 0.576. The first-order valence-electron chi connectivity index (χ1n) is 8.80. The van der Waals surface area contributed by atoms with Gasteiger partial charge in [0, 0.05) is 29.4 Å². The Bertz CT molecular complexity index is 988. The Kier molecular flexibility index (Phi) is 5.96. The van der Waals surface area contributed by atoms with Crippen molar-refractivity contribution in [3.05, 3.63) is 77.6 Å². The average Bonchev–Trinajstić information content (AvgIpc) is 3.21. The minimum atomic E-state index is -0.213. The van der Waals surface area contributed by atoms with E-state index in [2.05, 4.69) is 25.8 Å². The molecule has 0 atom stereocenters. The lowest BCUT2D eigenvalue weighted by Gasteiger charge is -2.08. The van der Waals surface area contributed by atoms with Crippen molar-refractivity contribution >= 4 is 17.5 Å². The van der Waals surface area contributed by atoms with Gasteiger partial charge >= 0.3 is 0 Å². The molecule has 3 rings (SSSR count). The average molecular weight is 375 g/mol. The zero-order valence-electron chi connectivity index (χ0n) is 15.7. The minimum absolute atomic E-state index is 0.131. The number of aromatic amines is 1. The van der Waals surface area contributed by atoms with Crippen molar-refractivity contribution in [2.45, 2.75) is 20.4 Å². The second-order valence-corrected chi connectivity index (χ2v) is 6.51. The topological polar surface area (TPSA) is 99.8 Å². The number of aromatic nitrogens is 3. The summed E-state index contributed by atoms with van der Waals surface area (Å²) < 4.78 is 0. The monoisotopic (exact) mass is 375 g/mol. The van der Waals surface area contributed by atoms with E-state index in [0.717, 1.165) is 16.7 Å². The van der Waals surface area contributed by atoms with E-state index in [1.165, 1.54) is 6.33 Å². The normalized spacial score (nSPS) is 10.2. The van der Waals surface area contributed by atoms with Gasteiger partial charge in [-0.25, -0.2) is 4.98 Å². The molecular formula is C21H21N5O2. The van der Waals surface area contributed by atoms with Gasteiger partial charge in [-0.2, -0.15) is 5.10 Å². The second kappa shape index (κ2) is 8.77. The first kappa shape index (κ1) is 19.0. The standard InChI is InChI=1S/C21H21N5O2/c1-14(2)10-19(27)22-12-15-6-8-16(9-7-15)21(28)25-18-5-3-4-17(11-18)20-23-13-24-26-20/h3-11,13H,12H2,1-2H3,(H,22,27)(H,25,28)(H,23,24,26). The lowest BCUT2D eigenvalue weighted by atomic mass is 10.1. The molecule has 0 aliphatic heterocycles. The third-order valence-electron chi connectivity index (χ3n) is 3.91. The lowest BCUT2D eigenvalue weighted by Crippen LogP contribution is -2.20. The fourth-order valence-electron chi connectivity index (χ4n) is 2.57. The maximum atomic E-state index is 12.5. The molecule has 0 aliphatic carbocycles. The van der Waals surface area contributed by atoms with E-state index in [1.807, 2.05) is 50.2 Å². The summed E-state index contributed by atoms with van der Waals surface area (Å²) in [7, 11) is 0. The number of rotatable bonds is 6. The summed E-state index contributed by atoms with van der Waals surface area (Å²) in [6, 6.07) is 14.5. The zero-order chi connectivity index (χ0) is 19.9. The molecule has 2 aromatic carbocycles. The highest BCUT2D eigenvalue weighted by Crippen LogP contribution is 2.19. The Morgan fingerprint density at radius 1 is 1.11 bits per heavy atom. The van der Waals surface area contributed by atoms with Crippen molar-refractivity contribution in [1.82, 2.24) is 20.5 Å². The number of anilines is 1. The van der Waals surface area contributed by atoms with E-state index in [-0.39, 0.29) is 11.8 Å². The number of hydrogen-bond donors (Lipinski definition) is 3. The molecule has 3 aromatic rings. The Morgan fingerprint density at radius 2 is 1.89 bits per heavy atom. The minimum Gasteiger partial charge on any atom is -0.348 e. The van der Waals surface area contributed by atoms with Crippen LogP contribution in [0.2, 0.25) is 0 Å². The number of nitrogens with zero attached hydrogens (tertiary/aromatic N) is 2. The summed E-state index contributed by atoms with van der Waals surface area (Å²) in [6.45, 7) is 4.14. The highest BCUT2D eigenvalue weighted by atomic mass is 16.2. The van der Waals surface area contributed by atoms with Gasteiger partial charge in [-0.05, 0) is 43.7 Å². The smallest absolute Gasteiger partial charge is 0.255 e. The van der Waals surface area contributed by atoms with E-state index in [0.29, 0.717) is 23.6 Å². The Balaban J connectivity index is 1.61. The summed E-state index contributed by atoms with van der Waals surface area (Å²) in [5.41, 5.74) is 3.88. The number of H-pyrrole nitrogens is 1. The number of allylic oxidation sites excluding steroid dienone is 1. The molecule has 1 heterocycles. The number of benzene rings is 2. The van der Waals surface area contributed by atoms with Crippen LogP contribution >= 0.6 is 0 Å². The van der Waals surface area contributed by atoms with Gasteiger partial charge in [0.1, 0.15) is 6.33 Å². The zero-order valence-corrected chi connectivity index (χ0v) is 15.7. The van der Waals surface area contributed by atoms with Gasteiger partial charge in [-0.15, -0.1) is 0 Å². The predicted octanol–water partition coefficient (Wildman–Crippen LogP) is 3.31. The molecular weight excluding hydrogens is 354 g/mol. The fourth-order valence-corrected chi connectivity index (χ4v) is 2.57. The maximum absolute atomic E-state index is 12.5. The molecule has 0 fully saturated rings. The van der Waals surface area contributed by atoms with Crippen LogP contribution in [0.1, 0.15) is 29.8 Å². The summed E-state index contributed by atoms with van der Waals surface area (Å²) in [5.74, 6) is 0.291. The van der Waals surface area contributed by atoms with Crippen LogP contribution in [0.4, 0.5) is 5.69 Å². The highest BCUT2D eigenvalue weighted by molar-refractivity contribution is 6.04. The molecule has 0 bridgehead atoms. The molecule has 1 aromatic heterocycles. The Hall–Kier alpha value is -3.74. The van der Waals surface area contributed by atoms with Crippen molar-refractivity contribution < 1.29 is 9.59 Å². The number of carbonyl (C=O) groups is 2. The molecule has 142 valence electrons. The molecule has 0 aliphatic rings. The third-order valence-corrected chi connectivity index (χ3v) is 3.91. The van der Waals surface area contributed by atoms with Gasteiger partial charge in [0.15, 0.2) is 5.82 Å². The summed E-state index contributed by atoms with van der Waals surface area (Å²) in [4.78, 5) is 28.2. The Morgan fingerprint density at radius 3 is 2.57 bits per heavy atom. The number of hydrogen-bond acceptors (Lipinski definition) is 4. The third kappa shape index (κ3) is 5.14. The highest BCUT2D eigenvalue weighted by Gasteiger charge is 2.08. The van der Waals surface area contributed by atoms with E-state index in [4.69, 9.17) is 0 Å². The summed E-state index contributed by atoms with van der Waals surface area (Å²) in [6.07, 6.45) is 2.99. The molecule has 2 amide bonds. The van der Waals surface area contributed by atoms with Crippen molar-refractivity contribution in [2.24, 2.45) is 0 Å². The van der Waals surface area contributed by atoms with Crippen molar-refractivity contribution in [2.75, 3.05) is 5.32 Å². The van der Waals surface area contributed by atoms with Gasteiger partial charge in [0.2, 0.25) is 5.91 Å². The van der Waals surface area contributed by atoms with Gasteiger partial charge in [-0.1, -0.05) is 29.8 Å². The van der Waals surface area contributed by atoms with Crippen molar-refractivity contribution in [3.63, 3.8) is 0 Å². The van der Waals surface area contributed by atoms with Gasteiger partial charge < -0.3 is 10.6 Å². The molecule has 28 heavy (non-hydrogen) atoms. The molecule has 7 nitrogen and oxygen atoms in total. The van der Waals surface area contributed by atoms with E-state index < -0.39 is 0 Å². The van der Waals surface area contributed by atoms with Gasteiger partial charge in [0.05, 0.1) is 0 Å². The van der Waals surface area contributed by atoms with Crippen molar-refractivity contribution in [3.8, 4) is 11.4 Å². The van der Waals surface area contributed by atoms with Crippen LogP contribution in [-0.2, 0) is 11.3 Å². The van der Waals surface area contributed by atoms with Crippen LogP contribution in [0, 0.1) is 0 Å².